The molecule has 10 unspecified atom stereocenters. The minimum absolute atomic E-state index is 0. The Labute approximate surface area is 267 Å². The van der Waals surface area contributed by atoms with Crippen LogP contribution in [0.2, 0.25) is 18.6 Å². The first-order chi connectivity index (χ1) is 16.9. The van der Waals surface area contributed by atoms with Crippen molar-refractivity contribution in [2.45, 2.75) is 104 Å². The van der Waals surface area contributed by atoms with Crippen LogP contribution in [0.1, 0.15) is 74.7 Å². The van der Waals surface area contributed by atoms with Crippen LogP contribution < -0.4 is 0 Å². The Balaban J connectivity index is 0.000000329. The van der Waals surface area contributed by atoms with Crippen LogP contribution in [0.4, 0.5) is 0 Å². The van der Waals surface area contributed by atoms with Crippen molar-refractivity contribution in [1.82, 2.24) is 0 Å². The maximum absolute atomic E-state index is 4.93. The quantitative estimate of drug-likeness (QED) is 0.213. The molecule has 0 nitrogen and oxygen atoms in total. The average Bonchev–Trinajstić information content (AvgIpc) is 3.48. The second-order valence-electron chi connectivity index (χ2n) is 13.6. The topological polar surface area (TPSA) is 0 Å². The van der Waals surface area contributed by atoms with E-state index >= 15 is 0 Å². The number of halogens is 2. The van der Waals surface area contributed by atoms with Gasteiger partial charge in [0.25, 0.3) is 0 Å². The molecule has 0 amide bonds. The molecule has 10 atom stereocenters. The van der Waals surface area contributed by atoms with Gasteiger partial charge >= 0.3 is 37.9 Å². The molecule has 0 aromatic rings. The molecule has 2 aliphatic heterocycles. The Morgan fingerprint density at radius 3 is 1.68 bits per heavy atom. The monoisotopic (exact) mass is 694 g/mol. The van der Waals surface area contributed by atoms with Crippen molar-refractivity contribution in [2.75, 3.05) is 0 Å². The van der Waals surface area contributed by atoms with Crippen molar-refractivity contribution in [1.29, 1.82) is 0 Å². The van der Waals surface area contributed by atoms with E-state index in [1.807, 2.05) is 0 Å². The Morgan fingerprint density at radius 2 is 1.29 bits per heavy atom. The first-order valence-corrected chi connectivity index (χ1v) is 25.6. The van der Waals surface area contributed by atoms with Crippen molar-refractivity contribution in [3.63, 3.8) is 0 Å². The zero-order chi connectivity index (χ0) is 26.9. The SMILES string of the molecule is CC(C)C1CC(C(C)C)C2CC(C)C(C)C2C1.CC1=CC2C3C=C(C)SC3C([SiH](C)C)C2S1.[CH3-].[CH3-].[Cl][Zr+2][Cl]. The van der Waals surface area contributed by atoms with Gasteiger partial charge in [0.1, 0.15) is 0 Å². The summed E-state index contributed by atoms with van der Waals surface area (Å²) in [6, 6.07) is 0. The predicted molar refractivity (Wildman–Crippen MR) is 180 cm³/mol. The minimum atomic E-state index is -0.826. The van der Waals surface area contributed by atoms with Crippen LogP contribution in [0, 0.1) is 74.0 Å². The van der Waals surface area contributed by atoms with Gasteiger partial charge in [-0.25, -0.2) is 0 Å². The van der Waals surface area contributed by atoms with Crippen LogP contribution in [0.25, 0.3) is 0 Å². The molecule has 6 heteroatoms. The number of allylic oxidation sites excluding steroid dienone is 4. The summed E-state index contributed by atoms with van der Waals surface area (Å²) in [5, 5.41) is 1.86. The van der Waals surface area contributed by atoms with Crippen LogP contribution in [0.5, 0.6) is 0 Å². The van der Waals surface area contributed by atoms with Crippen molar-refractivity contribution >= 4 is 49.3 Å². The molecule has 3 fully saturated rings. The van der Waals surface area contributed by atoms with E-state index in [1.165, 1.54) is 19.3 Å². The number of fused-ring (bicyclic) bond motifs is 4. The van der Waals surface area contributed by atoms with Crippen LogP contribution in [-0.2, 0) is 20.8 Å². The average molecular weight is 697 g/mol. The third kappa shape index (κ3) is 8.49. The maximum atomic E-state index is 4.93. The molecule has 0 saturated heterocycles. The molecular formula is C32H58Cl2S2SiZr. The van der Waals surface area contributed by atoms with Gasteiger partial charge in [-0.05, 0) is 108 Å². The van der Waals surface area contributed by atoms with Crippen LogP contribution in [0.15, 0.2) is 22.0 Å². The van der Waals surface area contributed by atoms with Crippen LogP contribution >= 0.6 is 40.5 Å². The summed E-state index contributed by atoms with van der Waals surface area (Å²) >= 11 is 3.54. The van der Waals surface area contributed by atoms with E-state index in [1.54, 1.807) is 9.81 Å². The molecular weight excluding hydrogens is 639 g/mol. The molecule has 5 rings (SSSR count). The van der Waals surface area contributed by atoms with Crippen LogP contribution in [0.3, 0.4) is 0 Å². The zero-order valence-electron chi connectivity index (χ0n) is 26.4. The molecule has 3 saturated carbocycles. The fourth-order valence-electron chi connectivity index (χ4n) is 8.47. The number of hydrogen-bond acceptors (Lipinski definition) is 2. The van der Waals surface area contributed by atoms with Gasteiger partial charge in [0.15, 0.2) is 0 Å². The van der Waals surface area contributed by atoms with Gasteiger partial charge in [-0.1, -0.05) is 66.8 Å². The van der Waals surface area contributed by atoms with Gasteiger partial charge in [-0.2, -0.15) is 0 Å². The summed E-state index contributed by atoms with van der Waals surface area (Å²) in [5.74, 6) is 9.54. The van der Waals surface area contributed by atoms with E-state index in [2.05, 4.69) is 104 Å². The molecule has 0 radical (unpaired) electrons. The molecule has 2 heterocycles. The Bertz CT molecular complexity index is 745. The van der Waals surface area contributed by atoms with Crippen molar-refractivity contribution in [3.8, 4) is 0 Å². The summed E-state index contributed by atoms with van der Waals surface area (Å²) < 4.78 is 0. The molecule has 3 aliphatic carbocycles. The summed E-state index contributed by atoms with van der Waals surface area (Å²) in [4.78, 5) is 3.16. The number of hydrogen-bond donors (Lipinski definition) is 0. The zero-order valence-corrected chi connectivity index (χ0v) is 33.2. The molecule has 5 aliphatic rings. The second-order valence-corrected chi connectivity index (χ2v) is 23.4. The molecule has 0 aromatic heterocycles. The van der Waals surface area contributed by atoms with Gasteiger partial charge in [0.05, 0.1) is 0 Å². The second kappa shape index (κ2) is 16.6. The Morgan fingerprint density at radius 1 is 0.816 bits per heavy atom. The number of thioether (sulfide) groups is 2. The van der Waals surface area contributed by atoms with Gasteiger partial charge in [-0.3, -0.25) is 0 Å². The van der Waals surface area contributed by atoms with Crippen molar-refractivity contribution < 1.29 is 20.8 Å². The summed E-state index contributed by atoms with van der Waals surface area (Å²) in [6.45, 7) is 24.5. The third-order valence-corrected chi connectivity index (χ3v) is 16.2. The molecule has 220 valence electrons. The van der Waals surface area contributed by atoms with E-state index in [0.29, 0.717) is 0 Å². The van der Waals surface area contributed by atoms with E-state index in [4.69, 9.17) is 17.0 Å². The normalized spacial score (nSPS) is 40.3. The summed E-state index contributed by atoms with van der Waals surface area (Å²) in [7, 11) is 9.33. The van der Waals surface area contributed by atoms with Gasteiger partial charge in [0, 0.05) is 19.3 Å². The standard InChI is InChI=1S/C17H32.C13H20S2Si.2CH3.2ClH.Zr/c1-10(2)14-8-15(11(3)4)17-7-12(5)13(6)16(17)9-14;1-7-5-9-10-6-8(2)15-12(10)13(16(3)4)11(9)14-7;;;;;/h10-17H,7-9H2,1-6H3;5-6,9-13,16H,1-4H3;2*1H3;2*1H;/q;;2*-1;;;+4/p-2. The van der Waals surface area contributed by atoms with Crippen molar-refractivity contribution in [2.24, 2.45) is 59.2 Å². The van der Waals surface area contributed by atoms with E-state index < -0.39 is 29.6 Å². The predicted octanol–water partition coefficient (Wildman–Crippen LogP) is 11.6. The summed E-state index contributed by atoms with van der Waals surface area (Å²) in [5.41, 5.74) is 1.03. The number of rotatable bonds is 3. The molecule has 0 aromatic carbocycles. The first kappa shape index (κ1) is 37.9. The van der Waals surface area contributed by atoms with E-state index in [9.17, 15) is 0 Å². The van der Waals surface area contributed by atoms with Gasteiger partial charge in [-0.15, -0.1) is 23.5 Å². The fourth-order valence-corrected chi connectivity index (χ4v) is 15.8. The van der Waals surface area contributed by atoms with Crippen LogP contribution in [-0.4, -0.2) is 19.3 Å². The first-order valence-electron chi connectivity index (χ1n) is 14.6. The molecule has 0 spiro atoms. The van der Waals surface area contributed by atoms with Gasteiger partial charge in [0.2, 0.25) is 0 Å². The Kier molecular flexibility index (Phi) is 16.6. The summed E-state index contributed by atoms with van der Waals surface area (Å²) in [6.07, 6.45) is 9.69. The fraction of sp³-hybridized carbons (Fsp3) is 0.812. The molecule has 0 N–H and O–H groups in total. The molecule has 0 bridgehead atoms. The van der Waals surface area contributed by atoms with E-state index in [-0.39, 0.29) is 14.9 Å². The Hall–Kier alpha value is 1.86. The third-order valence-electron chi connectivity index (χ3n) is 10.5. The van der Waals surface area contributed by atoms with E-state index in [0.717, 1.165) is 75.2 Å². The molecule has 38 heavy (non-hydrogen) atoms. The van der Waals surface area contributed by atoms with Gasteiger partial charge < -0.3 is 14.9 Å². The van der Waals surface area contributed by atoms with Crippen molar-refractivity contribution in [3.05, 3.63) is 36.8 Å².